The van der Waals surface area contributed by atoms with E-state index in [0.29, 0.717) is 40.2 Å². The molecule has 5 heteroatoms. The molecule has 2 saturated carbocycles. The molecule has 4 atom stereocenters. The third-order valence-corrected chi connectivity index (χ3v) is 6.73. The SMILES string of the molecule is O=C(N[C@H]1[C@H]2CCO[C@H]2[C@H]1C1CCCC1)c1c[nH]c(=O)c2ccccc12. The quantitative estimate of drug-likeness (QED) is 0.892. The van der Waals surface area contributed by atoms with E-state index >= 15 is 0 Å². The average molecular weight is 352 g/mol. The fourth-order valence-electron chi connectivity index (χ4n) is 5.49. The molecule has 1 saturated heterocycles. The maximum absolute atomic E-state index is 13.0. The van der Waals surface area contributed by atoms with Crippen molar-refractivity contribution in [2.24, 2.45) is 17.8 Å². The van der Waals surface area contributed by atoms with Gasteiger partial charge in [-0.25, -0.2) is 0 Å². The van der Waals surface area contributed by atoms with Crippen molar-refractivity contribution >= 4 is 16.7 Å². The maximum Gasteiger partial charge on any atom is 0.255 e. The number of ether oxygens (including phenoxy) is 1. The molecule has 0 bridgehead atoms. The monoisotopic (exact) mass is 352 g/mol. The van der Waals surface area contributed by atoms with Gasteiger partial charge in [0, 0.05) is 41.5 Å². The number of hydrogen-bond acceptors (Lipinski definition) is 3. The highest BCUT2D eigenvalue weighted by Crippen LogP contribution is 2.51. The lowest BCUT2D eigenvalue weighted by Crippen LogP contribution is -2.63. The van der Waals surface area contributed by atoms with Crippen molar-refractivity contribution in [1.29, 1.82) is 0 Å². The van der Waals surface area contributed by atoms with E-state index in [9.17, 15) is 9.59 Å². The van der Waals surface area contributed by atoms with Gasteiger partial charge in [-0.15, -0.1) is 0 Å². The Labute approximate surface area is 152 Å². The number of benzene rings is 1. The first-order valence-corrected chi connectivity index (χ1v) is 9.77. The Morgan fingerprint density at radius 3 is 2.69 bits per heavy atom. The molecule has 3 fully saturated rings. The molecule has 26 heavy (non-hydrogen) atoms. The summed E-state index contributed by atoms with van der Waals surface area (Å²) in [6.45, 7) is 0.812. The normalized spacial score (nSPS) is 30.9. The van der Waals surface area contributed by atoms with Gasteiger partial charge in [0.15, 0.2) is 0 Å². The zero-order valence-corrected chi connectivity index (χ0v) is 14.7. The predicted octanol–water partition coefficient (Wildman–Crippen LogP) is 2.85. The Bertz CT molecular complexity index is 895. The van der Waals surface area contributed by atoms with Crippen molar-refractivity contribution in [3.05, 3.63) is 46.4 Å². The van der Waals surface area contributed by atoms with Gasteiger partial charge in [0.1, 0.15) is 0 Å². The smallest absolute Gasteiger partial charge is 0.255 e. The predicted molar refractivity (Wildman–Crippen MR) is 99.1 cm³/mol. The number of carbonyl (C=O) groups is 1. The zero-order valence-electron chi connectivity index (χ0n) is 14.7. The third-order valence-electron chi connectivity index (χ3n) is 6.73. The van der Waals surface area contributed by atoms with E-state index in [-0.39, 0.29) is 17.5 Å². The van der Waals surface area contributed by atoms with E-state index in [1.807, 2.05) is 18.2 Å². The second-order valence-corrected chi connectivity index (χ2v) is 7.99. The standard InChI is InChI=1S/C21H24N2O3/c24-20-14-8-4-3-7-13(14)16(11-22-20)21(25)23-18-15-9-10-26-19(15)17(18)12-5-1-2-6-12/h3-4,7-8,11-12,15,17-19H,1-2,5-6,9-10H2,(H,22,24)(H,23,25)/t15-,17+,18+,19-/m1/s1. The van der Waals surface area contributed by atoms with Crippen LogP contribution in [0.4, 0.5) is 0 Å². The minimum absolute atomic E-state index is 0.0872. The van der Waals surface area contributed by atoms with Crippen LogP contribution in [-0.4, -0.2) is 29.6 Å². The molecular formula is C21H24N2O3. The second-order valence-electron chi connectivity index (χ2n) is 7.99. The number of hydrogen-bond donors (Lipinski definition) is 2. The van der Waals surface area contributed by atoms with Crippen LogP contribution in [0.5, 0.6) is 0 Å². The summed E-state index contributed by atoms with van der Waals surface area (Å²) >= 11 is 0. The molecule has 0 unspecified atom stereocenters. The first-order valence-electron chi connectivity index (χ1n) is 9.77. The second kappa shape index (κ2) is 6.23. The molecule has 1 amide bonds. The number of aromatic amines is 1. The van der Waals surface area contributed by atoms with Gasteiger partial charge in [0.05, 0.1) is 11.7 Å². The Hall–Kier alpha value is -2.14. The van der Waals surface area contributed by atoms with Crippen LogP contribution in [0.1, 0.15) is 42.5 Å². The van der Waals surface area contributed by atoms with Crippen LogP contribution in [0.15, 0.2) is 35.3 Å². The molecule has 1 aromatic heterocycles. The maximum atomic E-state index is 13.0. The van der Waals surface area contributed by atoms with Crippen LogP contribution in [-0.2, 0) is 4.74 Å². The van der Waals surface area contributed by atoms with Crippen molar-refractivity contribution in [3.63, 3.8) is 0 Å². The average Bonchev–Trinajstić information content (AvgIpc) is 3.31. The Balaban J connectivity index is 1.43. The molecule has 2 heterocycles. The van der Waals surface area contributed by atoms with Gasteiger partial charge in [0.2, 0.25) is 0 Å². The summed E-state index contributed by atoms with van der Waals surface area (Å²) in [5.74, 6) is 1.48. The van der Waals surface area contributed by atoms with Gasteiger partial charge in [-0.05, 0) is 18.4 Å². The third kappa shape index (κ3) is 2.41. The van der Waals surface area contributed by atoms with Crippen LogP contribution in [0.3, 0.4) is 0 Å². The summed E-state index contributed by atoms with van der Waals surface area (Å²) in [4.78, 5) is 27.8. The van der Waals surface area contributed by atoms with Crippen LogP contribution in [0.25, 0.3) is 10.8 Å². The summed E-state index contributed by atoms with van der Waals surface area (Å²) in [7, 11) is 0. The number of aromatic nitrogens is 1. The van der Waals surface area contributed by atoms with Gasteiger partial charge in [-0.1, -0.05) is 43.9 Å². The van der Waals surface area contributed by atoms with Crippen molar-refractivity contribution in [2.75, 3.05) is 6.61 Å². The summed E-state index contributed by atoms with van der Waals surface area (Å²) in [6.07, 6.45) is 8.01. The topological polar surface area (TPSA) is 71.2 Å². The van der Waals surface area contributed by atoms with Gasteiger partial charge in [0.25, 0.3) is 11.5 Å². The number of H-pyrrole nitrogens is 1. The van der Waals surface area contributed by atoms with Gasteiger partial charge in [-0.2, -0.15) is 0 Å². The number of nitrogens with one attached hydrogen (secondary N) is 2. The fraction of sp³-hybridized carbons (Fsp3) is 0.524. The zero-order chi connectivity index (χ0) is 17.7. The molecule has 5 rings (SSSR count). The number of rotatable bonds is 3. The van der Waals surface area contributed by atoms with Crippen molar-refractivity contribution in [1.82, 2.24) is 10.3 Å². The first kappa shape index (κ1) is 16.1. The Kier molecular flexibility index (Phi) is 3.85. The van der Waals surface area contributed by atoms with Crippen LogP contribution < -0.4 is 10.9 Å². The molecular weight excluding hydrogens is 328 g/mol. The first-order chi connectivity index (χ1) is 12.7. The summed E-state index contributed by atoms with van der Waals surface area (Å²) in [6, 6.07) is 7.49. The highest BCUT2D eigenvalue weighted by Gasteiger charge is 2.57. The van der Waals surface area contributed by atoms with Crippen LogP contribution >= 0.6 is 0 Å². The van der Waals surface area contributed by atoms with E-state index in [1.54, 1.807) is 12.3 Å². The number of pyridine rings is 1. The van der Waals surface area contributed by atoms with Crippen molar-refractivity contribution in [3.8, 4) is 0 Å². The van der Waals surface area contributed by atoms with E-state index in [1.165, 1.54) is 25.7 Å². The summed E-state index contributed by atoms with van der Waals surface area (Å²) in [5.41, 5.74) is 0.390. The lowest BCUT2D eigenvalue weighted by molar-refractivity contribution is -0.0784. The van der Waals surface area contributed by atoms with E-state index in [4.69, 9.17) is 4.74 Å². The molecule has 2 aromatic rings. The van der Waals surface area contributed by atoms with Crippen LogP contribution in [0.2, 0.25) is 0 Å². The van der Waals surface area contributed by atoms with Gasteiger partial charge >= 0.3 is 0 Å². The molecule has 0 radical (unpaired) electrons. The highest BCUT2D eigenvalue weighted by molar-refractivity contribution is 6.06. The molecule has 0 spiro atoms. The van der Waals surface area contributed by atoms with E-state index < -0.39 is 0 Å². The van der Waals surface area contributed by atoms with Crippen molar-refractivity contribution in [2.45, 2.75) is 44.2 Å². The lowest BCUT2D eigenvalue weighted by atomic mass is 9.61. The largest absolute Gasteiger partial charge is 0.377 e. The van der Waals surface area contributed by atoms with Crippen LogP contribution in [0, 0.1) is 17.8 Å². The number of carbonyl (C=O) groups excluding carboxylic acids is 1. The van der Waals surface area contributed by atoms with Crippen molar-refractivity contribution < 1.29 is 9.53 Å². The Morgan fingerprint density at radius 1 is 1.12 bits per heavy atom. The molecule has 1 aromatic carbocycles. The fourth-order valence-corrected chi connectivity index (χ4v) is 5.49. The number of amides is 1. The lowest BCUT2D eigenvalue weighted by Gasteiger charge is -2.50. The van der Waals surface area contributed by atoms with Gasteiger partial charge in [-0.3, -0.25) is 9.59 Å². The molecule has 1 aliphatic heterocycles. The number of fused-ring (bicyclic) bond motifs is 2. The summed E-state index contributed by atoms with van der Waals surface area (Å²) < 4.78 is 5.98. The highest BCUT2D eigenvalue weighted by atomic mass is 16.5. The van der Waals surface area contributed by atoms with E-state index in [2.05, 4.69) is 10.3 Å². The van der Waals surface area contributed by atoms with E-state index in [0.717, 1.165) is 13.0 Å². The molecule has 2 aliphatic carbocycles. The van der Waals surface area contributed by atoms with Gasteiger partial charge < -0.3 is 15.0 Å². The molecule has 2 N–H and O–H groups in total. The molecule has 3 aliphatic rings. The Morgan fingerprint density at radius 2 is 1.88 bits per heavy atom. The molecule has 136 valence electrons. The molecule has 5 nitrogen and oxygen atoms in total. The summed E-state index contributed by atoms with van der Waals surface area (Å²) in [5, 5.41) is 4.57. The minimum atomic E-state index is -0.158. The minimum Gasteiger partial charge on any atom is -0.377 e.